The third kappa shape index (κ3) is 8.42. The van der Waals surface area contributed by atoms with Crippen molar-refractivity contribution in [1.82, 2.24) is 4.90 Å². The fourth-order valence-corrected chi connectivity index (χ4v) is 5.63. The summed E-state index contributed by atoms with van der Waals surface area (Å²) in [6.07, 6.45) is 1.79. The largest absolute Gasteiger partial charge is 0.497 e. The summed E-state index contributed by atoms with van der Waals surface area (Å²) in [4.78, 5) is 33.1. The lowest BCUT2D eigenvalue weighted by molar-refractivity contribution is -0.170. The molecule has 11 heteroatoms. The van der Waals surface area contributed by atoms with Gasteiger partial charge < -0.3 is 35.0 Å². The van der Waals surface area contributed by atoms with E-state index in [0.29, 0.717) is 12.1 Å². The maximum absolute atomic E-state index is 11.4. The number of methoxy groups -OCH3 is 1. The number of hydrogen-bond donors (Lipinski definition) is 5. The van der Waals surface area contributed by atoms with Crippen LogP contribution in [0, 0.1) is 0 Å². The summed E-state index contributed by atoms with van der Waals surface area (Å²) in [7, 11) is 1.67. The highest BCUT2D eigenvalue weighted by atomic mass is 16.5. The molecule has 4 rings (SSSR count). The number of fused-ring (bicyclic) bond motifs is 2. The van der Waals surface area contributed by atoms with E-state index in [-0.39, 0.29) is 6.10 Å². The molecule has 2 saturated heterocycles. The van der Waals surface area contributed by atoms with Crippen molar-refractivity contribution < 1.29 is 49.4 Å². The molecule has 2 bridgehead atoms. The summed E-state index contributed by atoms with van der Waals surface area (Å²) in [6.45, 7) is 5.03. The quantitative estimate of drug-likeness (QED) is 0.267. The lowest BCUT2D eigenvalue weighted by Crippen LogP contribution is -2.49. The molecule has 11 nitrogen and oxygen atoms in total. The zero-order valence-electron chi connectivity index (χ0n) is 23.5. The minimum Gasteiger partial charge on any atom is -0.497 e. The minimum absolute atomic E-state index is 0.181. The van der Waals surface area contributed by atoms with Crippen molar-refractivity contribution in [3.8, 4) is 11.5 Å². The molecule has 2 heterocycles. The summed E-state index contributed by atoms with van der Waals surface area (Å²) in [6, 6.07) is 17.2. The standard InChI is InChI=1S/C24H31NO3.C6H8O7/c1-17(2)28-23-6-4-5-18(13-23)16-25-20-9-10-21(25)15-24(26,14-20)19-7-11-22(27-3)12-8-19;7-3(8)1-6(13,5(11)12)2-4(9)10/h4-8,11-13,17,20-21,26H,9-10,14-16H2,1-3H3;13H,1-2H2,(H,7,8)(H,9,10)(H,11,12). The predicted octanol–water partition coefficient (Wildman–Crippen LogP) is 3.25. The van der Waals surface area contributed by atoms with Crippen LogP contribution in [0.2, 0.25) is 0 Å². The number of rotatable bonds is 11. The topological polar surface area (TPSA) is 174 Å². The Bertz CT molecular complexity index is 1180. The van der Waals surface area contributed by atoms with E-state index in [1.165, 1.54) is 5.56 Å². The van der Waals surface area contributed by atoms with E-state index in [2.05, 4.69) is 36.9 Å². The molecule has 2 aliphatic rings. The second kappa shape index (κ2) is 13.3. The van der Waals surface area contributed by atoms with Crippen LogP contribution in [0.5, 0.6) is 11.5 Å². The van der Waals surface area contributed by atoms with Crippen LogP contribution in [-0.4, -0.2) is 79.2 Å². The van der Waals surface area contributed by atoms with Crippen LogP contribution in [-0.2, 0) is 26.5 Å². The summed E-state index contributed by atoms with van der Waals surface area (Å²) in [5.41, 5.74) is -1.18. The Morgan fingerprint density at radius 1 is 0.951 bits per heavy atom. The highest BCUT2D eigenvalue weighted by Gasteiger charge is 2.48. The Morgan fingerprint density at radius 3 is 1.98 bits per heavy atom. The van der Waals surface area contributed by atoms with Gasteiger partial charge in [0.25, 0.3) is 0 Å². The molecule has 2 aliphatic heterocycles. The van der Waals surface area contributed by atoms with E-state index in [0.717, 1.165) is 49.3 Å². The molecular weight excluding hydrogens is 534 g/mol. The number of carboxylic acids is 3. The highest BCUT2D eigenvalue weighted by Crippen LogP contribution is 2.46. The van der Waals surface area contributed by atoms with E-state index < -0.39 is 42.0 Å². The molecular formula is C30H39NO10. The SMILES string of the molecule is COc1ccc(C2(O)CC3CCC(C2)N3Cc2cccc(OC(C)C)c2)cc1.O=C(O)CC(O)(CC(=O)O)C(=O)O. The van der Waals surface area contributed by atoms with Crippen LogP contribution in [0.1, 0.15) is 63.5 Å². The monoisotopic (exact) mass is 573 g/mol. The first-order valence-corrected chi connectivity index (χ1v) is 13.5. The zero-order valence-corrected chi connectivity index (χ0v) is 23.5. The van der Waals surface area contributed by atoms with Crippen molar-refractivity contribution in [2.45, 2.75) is 88.3 Å². The van der Waals surface area contributed by atoms with Crippen LogP contribution in [0.25, 0.3) is 0 Å². The Morgan fingerprint density at radius 2 is 1.51 bits per heavy atom. The van der Waals surface area contributed by atoms with Crippen molar-refractivity contribution in [3.63, 3.8) is 0 Å². The molecule has 2 aromatic rings. The molecule has 2 aromatic carbocycles. The van der Waals surface area contributed by atoms with Gasteiger partial charge in [0, 0.05) is 18.6 Å². The van der Waals surface area contributed by atoms with Crippen LogP contribution in [0.4, 0.5) is 0 Å². The zero-order chi connectivity index (χ0) is 30.4. The average Bonchev–Trinajstić information content (AvgIpc) is 3.11. The molecule has 0 aliphatic carbocycles. The Labute approximate surface area is 238 Å². The molecule has 41 heavy (non-hydrogen) atoms. The van der Waals surface area contributed by atoms with Crippen molar-refractivity contribution in [3.05, 3.63) is 59.7 Å². The van der Waals surface area contributed by atoms with E-state index in [1.807, 2.05) is 30.3 Å². The van der Waals surface area contributed by atoms with Gasteiger partial charge in [-0.15, -0.1) is 0 Å². The molecule has 2 atom stereocenters. The number of carbonyl (C=O) groups is 3. The van der Waals surface area contributed by atoms with Gasteiger partial charge in [0.2, 0.25) is 0 Å². The molecule has 0 saturated carbocycles. The van der Waals surface area contributed by atoms with Gasteiger partial charge in [-0.05, 0) is 74.9 Å². The van der Waals surface area contributed by atoms with Crippen LogP contribution >= 0.6 is 0 Å². The minimum atomic E-state index is -2.74. The molecule has 2 unspecified atom stereocenters. The maximum Gasteiger partial charge on any atom is 0.336 e. The third-order valence-electron chi connectivity index (χ3n) is 7.47. The number of nitrogens with zero attached hydrogens (tertiary/aromatic N) is 1. The first-order chi connectivity index (χ1) is 19.2. The summed E-state index contributed by atoms with van der Waals surface area (Å²) >= 11 is 0. The van der Waals surface area contributed by atoms with Gasteiger partial charge in [-0.3, -0.25) is 14.5 Å². The predicted molar refractivity (Wildman–Crippen MR) is 148 cm³/mol. The van der Waals surface area contributed by atoms with Gasteiger partial charge in [-0.1, -0.05) is 24.3 Å². The molecule has 5 N–H and O–H groups in total. The van der Waals surface area contributed by atoms with Crippen molar-refractivity contribution >= 4 is 17.9 Å². The first kappa shape index (κ1) is 31.9. The van der Waals surface area contributed by atoms with Crippen molar-refractivity contribution in [2.75, 3.05) is 7.11 Å². The Hall–Kier alpha value is -3.67. The number of piperidine rings is 1. The van der Waals surface area contributed by atoms with E-state index in [1.54, 1.807) is 7.11 Å². The molecule has 2 fully saturated rings. The van der Waals surface area contributed by atoms with E-state index in [4.69, 9.17) is 29.9 Å². The normalized spacial score (nSPS) is 22.0. The average molecular weight is 574 g/mol. The van der Waals surface area contributed by atoms with Crippen LogP contribution in [0.15, 0.2) is 48.5 Å². The van der Waals surface area contributed by atoms with Crippen molar-refractivity contribution in [1.29, 1.82) is 0 Å². The first-order valence-electron chi connectivity index (χ1n) is 13.5. The molecule has 0 amide bonds. The van der Waals surface area contributed by atoms with Gasteiger partial charge in [0.15, 0.2) is 5.60 Å². The molecule has 0 aromatic heterocycles. The second-order valence-corrected chi connectivity index (χ2v) is 11.0. The number of carboxylic acid groups (broad SMARTS) is 3. The van der Waals surface area contributed by atoms with Gasteiger partial charge >= 0.3 is 17.9 Å². The lowest BCUT2D eigenvalue weighted by atomic mass is 9.80. The van der Waals surface area contributed by atoms with Crippen LogP contribution < -0.4 is 9.47 Å². The summed E-state index contributed by atoms with van der Waals surface area (Å²) < 4.78 is 11.1. The summed E-state index contributed by atoms with van der Waals surface area (Å²) in [5, 5.41) is 45.2. The Balaban J connectivity index is 0.000000302. The third-order valence-corrected chi connectivity index (χ3v) is 7.47. The van der Waals surface area contributed by atoms with Gasteiger partial charge in [-0.25, -0.2) is 4.79 Å². The fraction of sp³-hybridized carbons (Fsp3) is 0.500. The Kier molecular flexibility index (Phi) is 10.4. The maximum atomic E-state index is 11.4. The highest BCUT2D eigenvalue weighted by molar-refractivity contribution is 5.88. The van der Waals surface area contributed by atoms with Gasteiger partial charge in [0.1, 0.15) is 11.5 Å². The van der Waals surface area contributed by atoms with Gasteiger partial charge in [-0.2, -0.15) is 0 Å². The summed E-state index contributed by atoms with van der Waals surface area (Å²) in [5.74, 6) is -3.25. The van der Waals surface area contributed by atoms with E-state index >= 15 is 0 Å². The lowest BCUT2D eigenvalue weighted by Gasteiger charge is -2.44. The fourth-order valence-electron chi connectivity index (χ4n) is 5.63. The number of ether oxygens (including phenoxy) is 2. The number of hydrogen-bond acceptors (Lipinski definition) is 8. The van der Waals surface area contributed by atoms with E-state index in [9.17, 15) is 19.5 Å². The van der Waals surface area contributed by atoms with Crippen molar-refractivity contribution in [2.24, 2.45) is 0 Å². The second-order valence-electron chi connectivity index (χ2n) is 11.0. The smallest absolute Gasteiger partial charge is 0.336 e. The molecule has 0 radical (unpaired) electrons. The van der Waals surface area contributed by atoms with Gasteiger partial charge in [0.05, 0.1) is 31.7 Å². The molecule has 224 valence electrons. The number of aliphatic hydroxyl groups is 2. The van der Waals surface area contributed by atoms with Crippen LogP contribution in [0.3, 0.4) is 0 Å². The molecule has 0 spiro atoms. The number of aliphatic carboxylic acids is 3. The number of benzene rings is 2.